The van der Waals surface area contributed by atoms with Gasteiger partial charge < -0.3 is 14.8 Å². The fourth-order valence-electron chi connectivity index (χ4n) is 4.78. The van der Waals surface area contributed by atoms with Crippen molar-refractivity contribution < 1.29 is 14.6 Å². The number of allylic oxidation sites excluding steroid dienone is 1. The molecule has 2 N–H and O–H groups in total. The lowest BCUT2D eigenvalue weighted by atomic mass is 9.65. The monoisotopic (exact) mass is 340 g/mol. The second-order valence-corrected chi connectivity index (χ2v) is 7.16. The topological polar surface area (TPSA) is 65.6 Å². The van der Waals surface area contributed by atoms with E-state index in [1.807, 2.05) is 12.1 Å². The lowest BCUT2D eigenvalue weighted by Gasteiger charge is -2.47. The summed E-state index contributed by atoms with van der Waals surface area (Å²) in [6, 6.07) is 8.25. The molecule has 0 spiro atoms. The highest BCUT2D eigenvalue weighted by atomic mass is 16.5. The minimum Gasteiger partial charge on any atom is -0.467 e. The number of ether oxygens (including phenoxy) is 1. The van der Waals surface area contributed by atoms with E-state index < -0.39 is 5.41 Å². The molecule has 5 nitrogen and oxygen atoms in total. The van der Waals surface area contributed by atoms with Gasteiger partial charge in [0.25, 0.3) is 6.47 Å². The van der Waals surface area contributed by atoms with Gasteiger partial charge in [0.05, 0.1) is 12.0 Å². The Bertz CT molecular complexity index is 825. The van der Waals surface area contributed by atoms with Crippen molar-refractivity contribution in [1.82, 2.24) is 9.88 Å². The third-order valence-corrected chi connectivity index (χ3v) is 6.01. The summed E-state index contributed by atoms with van der Waals surface area (Å²) in [5, 5.41) is 11.7. The van der Waals surface area contributed by atoms with E-state index in [1.165, 1.54) is 16.5 Å². The number of hydrogen-bond acceptors (Lipinski definition) is 4. The number of aliphatic hydroxyl groups excluding tert-OH is 1. The molecule has 3 atom stereocenters. The second kappa shape index (κ2) is 6.32. The molecule has 1 unspecified atom stereocenters. The molecule has 0 amide bonds. The Hall–Kier alpha value is -2.11. The molecule has 132 valence electrons. The molecular formula is C20H24N2O3. The molecule has 25 heavy (non-hydrogen) atoms. The van der Waals surface area contributed by atoms with E-state index in [2.05, 4.69) is 35.0 Å². The molecule has 1 aromatic carbocycles. The molecule has 2 bridgehead atoms. The summed E-state index contributed by atoms with van der Waals surface area (Å²) >= 11 is 0. The predicted molar refractivity (Wildman–Crippen MR) is 96.2 cm³/mol. The number of benzene rings is 1. The van der Waals surface area contributed by atoms with E-state index in [-0.39, 0.29) is 19.1 Å². The number of rotatable bonds is 4. The Labute approximate surface area is 147 Å². The van der Waals surface area contributed by atoms with E-state index in [1.54, 1.807) is 0 Å². The highest BCUT2D eigenvalue weighted by molar-refractivity contribution is 5.85. The average Bonchev–Trinajstić information content (AvgIpc) is 3.00. The van der Waals surface area contributed by atoms with Gasteiger partial charge in [-0.1, -0.05) is 29.8 Å². The lowest BCUT2D eigenvalue weighted by Crippen LogP contribution is -2.52. The minimum atomic E-state index is -0.621. The Morgan fingerprint density at radius 3 is 3.00 bits per heavy atom. The van der Waals surface area contributed by atoms with Crippen LogP contribution in [0.4, 0.5) is 0 Å². The number of nitrogens with one attached hydrogen (secondary N) is 1. The van der Waals surface area contributed by atoms with Gasteiger partial charge >= 0.3 is 0 Å². The molecule has 1 aromatic heterocycles. The van der Waals surface area contributed by atoms with Crippen molar-refractivity contribution in [3.63, 3.8) is 0 Å². The number of piperidine rings is 1. The van der Waals surface area contributed by atoms with Crippen LogP contribution in [0, 0.1) is 5.92 Å². The Morgan fingerprint density at radius 2 is 2.24 bits per heavy atom. The normalized spacial score (nSPS) is 30.1. The van der Waals surface area contributed by atoms with E-state index in [0.717, 1.165) is 37.3 Å². The number of H-pyrrole nitrogens is 1. The number of fused-ring (bicyclic) bond motifs is 3. The predicted octanol–water partition coefficient (Wildman–Crippen LogP) is 2.35. The maximum atomic E-state index is 11.0. The highest BCUT2D eigenvalue weighted by Crippen LogP contribution is 2.46. The molecule has 1 fully saturated rings. The van der Waals surface area contributed by atoms with Crippen molar-refractivity contribution in [3.05, 3.63) is 47.2 Å². The fraction of sp³-hybridized carbons (Fsp3) is 0.450. The SMILES string of the molecule is C/C=C1/CN2CC[C@@H]1[C@@](CO)(COC=O)c1[nH]c3ccccc3c1C2. The summed E-state index contributed by atoms with van der Waals surface area (Å²) in [6.45, 7) is 5.42. The molecule has 1 saturated heterocycles. The Balaban J connectivity index is 1.99. The highest BCUT2D eigenvalue weighted by Gasteiger charge is 2.48. The first kappa shape index (κ1) is 16.4. The number of carbonyl (C=O) groups is 1. The number of aliphatic hydroxyl groups is 1. The van der Waals surface area contributed by atoms with Crippen molar-refractivity contribution in [2.45, 2.75) is 25.3 Å². The lowest BCUT2D eigenvalue weighted by molar-refractivity contribution is -0.132. The van der Waals surface area contributed by atoms with Gasteiger partial charge in [-0.3, -0.25) is 9.69 Å². The molecular weight excluding hydrogens is 316 g/mol. The summed E-state index contributed by atoms with van der Waals surface area (Å²) in [4.78, 5) is 17.0. The van der Waals surface area contributed by atoms with E-state index in [0.29, 0.717) is 6.47 Å². The second-order valence-electron chi connectivity index (χ2n) is 7.16. The van der Waals surface area contributed by atoms with E-state index >= 15 is 0 Å². The van der Waals surface area contributed by atoms with Crippen LogP contribution in [0.15, 0.2) is 35.9 Å². The van der Waals surface area contributed by atoms with Crippen molar-refractivity contribution in [2.24, 2.45) is 5.92 Å². The molecule has 4 heterocycles. The van der Waals surface area contributed by atoms with Gasteiger partial charge in [-0.05, 0) is 37.4 Å². The average molecular weight is 340 g/mol. The van der Waals surface area contributed by atoms with Crippen LogP contribution < -0.4 is 0 Å². The number of hydrogen-bond donors (Lipinski definition) is 2. The molecule has 5 heteroatoms. The quantitative estimate of drug-likeness (QED) is 0.662. The molecule has 0 aliphatic carbocycles. The zero-order chi connectivity index (χ0) is 17.4. The summed E-state index contributed by atoms with van der Waals surface area (Å²) in [6.07, 6.45) is 3.12. The summed E-state index contributed by atoms with van der Waals surface area (Å²) in [5.74, 6) is 0.158. The van der Waals surface area contributed by atoms with Crippen molar-refractivity contribution in [1.29, 1.82) is 0 Å². The van der Waals surface area contributed by atoms with E-state index in [4.69, 9.17) is 4.74 Å². The van der Waals surface area contributed by atoms with Crippen LogP contribution in [0.25, 0.3) is 10.9 Å². The van der Waals surface area contributed by atoms with Gasteiger partial charge in [-0.25, -0.2) is 0 Å². The Morgan fingerprint density at radius 1 is 1.40 bits per heavy atom. The van der Waals surface area contributed by atoms with Crippen LogP contribution >= 0.6 is 0 Å². The van der Waals surface area contributed by atoms with Crippen LogP contribution in [0.2, 0.25) is 0 Å². The van der Waals surface area contributed by atoms with Gasteiger partial charge in [-0.15, -0.1) is 0 Å². The number of aromatic nitrogens is 1. The third-order valence-electron chi connectivity index (χ3n) is 6.01. The van der Waals surface area contributed by atoms with Gasteiger partial charge in [0.2, 0.25) is 0 Å². The minimum absolute atomic E-state index is 0.0529. The van der Waals surface area contributed by atoms with Crippen molar-refractivity contribution in [3.8, 4) is 0 Å². The first-order chi connectivity index (χ1) is 12.2. The number of nitrogens with zero attached hydrogens (tertiary/aromatic N) is 1. The Kier molecular flexibility index (Phi) is 4.13. The van der Waals surface area contributed by atoms with Crippen LogP contribution in [-0.2, 0) is 21.5 Å². The van der Waals surface area contributed by atoms with Gasteiger partial charge in [0.15, 0.2) is 0 Å². The van der Waals surface area contributed by atoms with Crippen molar-refractivity contribution >= 4 is 17.4 Å². The third kappa shape index (κ3) is 2.41. The maximum Gasteiger partial charge on any atom is 0.293 e. The summed E-state index contributed by atoms with van der Waals surface area (Å²) < 4.78 is 5.26. The zero-order valence-corrected chi connectivity index (χ0v) is 14.5. The molecule has 2 aromatic rings. The van der Waals surface area contributed by atoms with Gasteiger partial charge in [-0.2, -0.15) is 0 Å². The van der Waals surface area contributed by atoms with E-state index in [9.17, 15) is 9.90 Å². The largest absolute Gasteiger partial charge is 0.467 e. The van der Waals surface area contributed by atoms with Crippen LogP contribution in [0.1, 0.15) is 24.6 Å². The molecule has 0 radical (unpaired) electrons. The molecule has 3 aliphatic rings. The molecule has 5 rings (SSSR count). The zero-order valence-electron chi connectivity index (χ0n) is 14.5. The van der Waals surface area contributed by atoms with Crippen molar-refractivity contribution in [2.75, 3.05) is 26.3 Å². The van der Waals surface area contributed by atoms with Gasteiger partial charge in [0.1, 0.15) is 6.61 Å². The first-order valence-corrected chi connectivity index (χ1v) is 8.87. The number of carbonyl (C=O) groups excluding carboxylic acids is 1. The van der Waals surface area contributed by atoms with Gasteiger partial charge in [0, 0.05) is 29.7 Å². The first-order valence-electron chi connectivity index (χ1n) is 8.87. The fourth-order valence-corrected chi connectivity index (χ4v) is 4.78. The summed E-state index contributed by atoms with van der Waals surface area (Å²) in [5.41, 5.74) is 4.01. The maximum absolute atomic E-state index is 11.0. The number of para-hydroxylation sites is 1. The smallest absolute Gasteiger partial charge is 0.293 e. The molecule has 0 saturated carbocycles. The standard InChI is InChI=1S/C20H24N2O3/c1-2-14-9-22-8-7-17(14)20(11-23,12-25-13-24)19-16(10-22)15-5-3-4-6-18(15)21-19/h2-6,13,17,21,23H,7-12H2,1H3/b14-2-/t17-,20+/m0/s1. The van der Waals surface area contributed by atoms with Crippen LogP contribution in [0.5, 0.6) is 0 Å². The molecule has 3 aliphatic heterocycles. The summed E-state index contributed by atoms with van der Waals surface area (Å²) in [7, 11) is 0. The van der Waals surface area contributed by atoms with Crippen LogP contribution in [-0.4, -0.2) is 47.8 Å². The number of aromatic amines is 1. The van der Waals surface area contributed by atoms with Crippen LogP contribution in [0.3, 0.4) is 0 Å².